The van der Waals surface area contributed by atoms with Gasteiger partial charge in [0.25, 0.3) is 0 Å². The minimum Gasteiger partial charge on any atom is -0.477 e. The first-order chi connectivity index (χ1) is 9.29. The van der Waals surface area contributed by atoms with Crippen LogP contribution in [0, 0.1) is 0 Å². The summed E-state index contributed by atoms with van der Waals surface area (Å²) < 4.78 is 6.58. The Balaban J connectivity index is 2.00. The van der Waals surface area contributed by atoms with E-state index in [1.807, 2.05) is 24.3 Å². The van der Waals surface area contributed by atoms with Crippen molar-refractivity contribution < 1.29 is 4.74 Å². The minimum atomic E-state index is 0.640. The maximum Gasteiger partial charge on any atom is 0.218 e. The molecule has 0 aromatic carbocycles. The first-order valence-corrected chi connectivity index (χ1v) is 7.01. The summed E-state index contributed by atoms with van der Waals surface area (Å²) >= 11 is 3.36. The molecule has 0 amide bonds. The van der Waals surface area contributed by atoms with Gasteiger partial charge < -0.3 is 10.1 Å². The molecule has 5 heteroatoms. The van der Waals surface area contributed by atoms with Crippen molar-refractivity contribution >= 4 is 21.7 Å². The van der Waals surface area contributed by atoms with Crippen LogP contribution in [0.4, 0.5) is 5.82 Å². The summed E-state index contributed by atoms with van der Waals surface area (Å²) in [4.78, 5) is 8.52. The second-order valence-corrected chi connectivity index (χ2v) is 4.95. The molecule has 0 unspecified atom stereocenters. The van der Waals surface area contributed by atoms with Gasteiger partial charge in [0.05, 0.1) is 6.61 Å². The molecule has 2 aromatic heterocycles. The number of ether oxygens (including phenoxy) is 1. The molecule has 19 heavy (non-hydrogen) atoms. The van der Waals surface area contributed by atoms with E-state index < -0.39 is 0 Å². The Kier molecular flexibility index (Phi) is 5.15. The molecule has 4 nitrogen and oxygen atoms in total. The van der Waals surface area contributed by atoms with Gasteiger partial charge in [0.2, 0.25) is 5.88 Å². The summed E-state index contributed by atoms with van der Waals surface area (Å²) in [6, 6.07) is 7.79. The highest BCUT2D eigenvalue weighted by Crippen LogP contribution is 2.17. The molecule has 0 radical (unpaired) electrons. The normalized spacial score (nSPS) is 10.2. The lowest BCUT2D eigenvalue weighted by molar-refractivity contribution is 0.302. The Morgan fingerprint density at radius 2 is 2.16 bits per heavy atom. The Labute approximate surface area is 121 Å². The van der Waals surface area contributed by atoms with E-state index in [0.717, 1.165) is 22.3 Å². The van der Waals surface area contributed by atoms with Gasteiger partial charge in [0.15, 0.2) is 0 Å². The van der Waals surface area contributed by atoms with Crippen LogP contribution in [0.15, 0.2) is 41.1 Å². The zero-order valence-electron chi connectivity index (χ0n) is 10.8. The van der Waals surface area contributed by atoms with Crippen molar-refractivity contribution in [3.63, 3.8) is 0 Å². The van der Waals surface area contributed by atoms with Crippen LogP contribution in [0.5, 0.6) is 5.88 Å². The highest BCUT2D eigenvalue weighted by atomic mass is 79.9. The first kappa shape index (κ1) is 13.8. The smallest absolute Gasteiger partial charge is 0.218 e. The lowest BCUT2D eigenvalue weighted by Crippen LogP contribution is -2.06. The molecule has 0 saturated carbocycles. The monoisotopic (exact) mass is 321 g/mol. The van der Waals surface area contributed by atoms with E-state index in [2.05, 4.69) is 38.1 Å². The van der Waals surface area contributed by atoms with Gasteiger partial charge in [-0.2, -0.15) is 0 Å². The van der Waals surface area contributed by atoms with Crippen molar-refractivity contribution in [2.45, 2.75) is 19.9 Å². The molecule has 0 saturated heterocycles. The number of hydrogen-bond acceptors (Lipinski definition) is 4. The number of nitrogens with zero attached hydrogens (tertiary/aromatic N) is 2. The third-order valence-electron chi connectivity index (χ3n) is 2.48. The number of anilines is 1. The molecule has 0 atom stereocenters. The number of aromatic nitrogens is 2. The van der Waals surface area contributed by atoms with E-state index >= 15 is 0 Å². The largest absolute Gasteiger partial charge is 0.477 e. The zero-order chi connectivity index (χ0) is 13.5. The maximum absolute atomic E-state index is 5.61. The van der Waals surface area contributed by atoms with Crippen molar-refractivity contribution in [2.24, 2.45) is 0 Å². The average molecular weight is 322 g/mol. The SMILES string of the molecule is CCCOc1ncccc1CNc1ccc(Br)cn1. The van der Waals surface area contributed by atoms with Crippen LogP contribution in [0.2, 0.25) is 0 Å². The maximum atomic E-state index is 5.61. The second kappa shape index (κ2) is 7.09. The summed E-state index contributed by atoms with van der Waals surface area (Å²) in [5.41, 5.74) is 1.03. The number of rotatable bonds is 6. The zero-order valence-corrected chi connectivity index (χ0v) is 12.4. The van der Waals surface area contributed by atoms with E-state index in [9.17, 15) is 0 Å². The van der Waals surface area contributed by atoms with Crippen molar-refractivity contribution in [1.29, 1.82) is 0 Å². The van der Waals surface area contributed by atoms with Crippen LogP contribution in [-0.4, -0.2) is 16.6 Å². The standard InChI is InChI=1S/C14H16BrN3O/c1-2-8-19-14-11(4-3-7-16-14)9-17-13-6-5-12(15)10-18-13/h3-7,10H,2,8-9H2,1H3,(H,17,18). The van der Waals surface area contributed by atoms with Crippen LogP contribution in [0.3, 0.4) is 0 Å². The predicted molar refractivity (Wildman–Crippen MR) is 79.3 cm³/mol. The quantitative estimate of drug-likeness (QED) is 0.882. The molecule has 1 N–H and O–H groups in total. The highest BCUT2D eigenvalue weighted by Gasteiger charge is 2.04. The third kappa shape index (κ3) is 4.21. The number of halogens is 1. The van der Waals surface area contributed by atoms with Crippen LogP contribution in [0.1, 0.15) is 18.9 Å². The Morgan fingerprint density at radius 1 is 1.26 bits per heavy atom. The summed E-state index contributed by atoms with van der Waals surface area (Å²) in [6.07, 6.45) is 4.48. The van der Waals surface area contributed by atoms with E-state index in [0.29, 0.717) is 19.0 Å². The van der Waals surface area contributed by atoms with Crippen molar-refractivity contribution in [1.82, 2.24) is 9.97 Å². The van der Waals surface area contributed by atoms with Crippen LogP contribution >= 0.6 is 15.9 Å². The molecular formula is C14H16BrN3O. The first-order valence-electron chi connectivity index (χ1n) is 6.21. The van der Waals surface area contributed by atoms with Gasteiger partial charge in [-0.05, 0) is 40.5 Å². The third-order valence-corrected chi connectivity index (χ3v) is 2.95. The fraction of sp³-hybridized carbons (Fsp3) is 0.286. The highest BCUT2D eigenvalue weighted by molar-refractivity contribution is 9.10. The van der Waals surface area contributed by atoms with Gasteiger partial charge in [-0.15, -0.1) is 0 Å². The van der Waals surface area contributed by atoms with Crippen LogP contribution in [0.25, 0.3) is 0 Å². The van der Waals surface area contributed by atoms with Gasteiger partial charge in [-0.3, -0.25) is 0 Å². The lowest BCUT2D eigenvalue weighted by atomic mass is 10.2. The Morgan fingerprint density at radius 3 is 2.89 bits per heavy atom. The predicted octanol–water partition coefficient (Wildman–Crippen LogP) is 3.64. The van der Waals surface area contributed by atoms with E-state index in [1.165, 1.54) is 0 Å². The second-order valence-electron chi connectivity index (χ2n) is 4.03. The fourth-order valence-corrected chi connectivity index (χ4v) is 1.79. The Bertz CT molecular complexity index is 516. The van der Waals surface area contributed by atoms with Crippen molar-refractivity contribution in [2.75, 3.05) is 11.9 Å². The van der Waals surface area contributed by atoms with Gasteiger partial charge in [0.1, 0.15) is 5.82 Å². The molecule has 0 aliphatic rings. The minimum absolute atomic E-state index is 0.640. The van der Waals surface area contributed by atoms with E-state index in [4.69, 9.17) is 4.74 Å². The van der Waals surface area contributed by atoms with Gasteiger partial charge in [0, 0.05) is 29.0 Å². The number of nitrogens with one attached hydrogen (secondary N) is 1. The average Bonchev–Trinajstić information content (AvgIpc) is 2.45. The van der Waals surface area contributed by atoms with Gasteiger partial charge in [-0.25, -0.2) is 9.97 Å². The molecule has 0 aliphatic carbocycles. The molecule has 0 bridgehead atoms. The summed E-state index contributed by atoms with van der Waals surface area (Å²) in [7, 11) is 0. The molecule has 0 spiro atoms. The summed E-state index contributed by atoms with van der Waals surface area (Å²) in [6.45, 7) is 3.40. The molecule has 0 aliphatic heterocycles. The molecule has 2 rings (SSSR count). The summed E-state index contributed by atoms with van der Waals surface area (Å²) in [5, 5.41) is 3.25. The molecular weight excluding hydrogens is 306 g/mol. The van der Waals surface area contributed by atoms with Crippen LogP contribution in [-0.2, 0) is 6.54 Å². The lowest BCUT2D eigenvalue weighted by Gasteiger charge is -2.10. The van der Waals surface area contributed by atoms with E-state index in [-0.39, 0.29) is 0 Å². The van der Waals surface area contributed by atoms with E-state index in [1.54, 1.807) is 12.4 Å². The molecule has 100 valence electrons. The van der Waals surface area contributed by atoms with Gasteiger partial charge >= 0.3 is 0 Å². The topological polar surface area (TPSA) is 47.0 Å². The fourth-order valence-electron chi connectivity index (χ4n) is 1.55. The van der Waals surface area contributed by atoms with Crippen molar-refractivity contribution in [3.8, 4) is 5.88 Å². The van der Waals surface area contributed by atoms with Crippen LogP contribution < -0.4 is 10.1 Å². The molecule has 2 aromatic rings. The molecule has 0 fully saturated rings. The number of pyridine rings is 2. The van der Waals surface area contributed by atoms with Gasteiger partial charge in [-0.1, -0.05) is 13.0 Å². The summed E-state index contributed by atoms with van der Waals surface area (Å²) in [5.74, 6) is 1.52. The molecule has 2 heterocycles. The number of hydrogen-bond donors (Lipinski definition) is 1. The Hall–Kier alpha value is -1.62. The van der Waals surface area contributed by atoms with Crippen molar-refractivity contribution in [3.05, 3.63) is 46.7 Å².